The van der Waals surface area contributed by atoms with E-state index in [1.54, 1.807) is 0 Å². The van der Waals surface area contributed by atoms with E-state index < -0.39 is 97.5 Å². The van der Waals surface area contributed by atoms with E-state index >= 15 is 0 Å². The second-order valence-electron chi connectivity index (χ2n) is 25.0. The van der Waals surface area contributed by atoms with Gasteiger partial charge in [0, 0.05) is 25.7 Å². The quantitative estimate of drug-likeness (QED) is 0.0222. The third-order valence-electron chi connectivity index (χ3n) is 15.8. The van der Waals surface area contributed by atoms with Crippen LogP contribution in [0, 0.1) is 5.92 Å². The van der Waals surface area contributed by atoms with Crippen LogP contribution in [-0.2, 0) is 65.4 Å². The number of aliphatic hydroxyl groups is 1. The molecule has 0 saturated carbocycles. The highest BCUT2D eigenvalue weighted by molar-refractivity contribution is 7.47. The van der Waals surface area contributed by atoms with E-state index in [0.717, 1.165) is 95.8 Å². The van der Waals surface area contributed by atoms with Crippen molar-refractivity contribution in [3.05, 3.63) is 0 Å². The Morgan fingerprint density at radius 1 is 0.310 bits per heavy atom. The molecule has 2 unspecified atom stereocenters. The van der Waals surface area contributed by atoms with Crippen LogP contribution in [0.1, 0.15) is 349 Å². The lowest BCUT2D eigenvalue weighted by Gasteiger charge is -2.21. The summed E-state index contributed by atoms with van der Waals surface area (Å²) in [4.78, 5) is 72.4. The zero-order valence-electron chi connectivity index (χ0n) is 56.2. The number of phosphoric ester groups is 2. The summed E-state index contributed by atoms with van der Waals surface area (Å²) >= 11 is 0. The molecule has 0 saturated heterocycles. The summed E-state index contributed by atoms with van der Waals surface area (Å²) in [6.45, 7) is 7.19. The first-order valence-corrected chi connectivity index (χ1v) is 38.6. The highest BCUT2D eigenvalue weighted by Crippen LogP contribution is 2.45. The van der Waals surface area contributed by atoms with Crippen molar-refractivity contribution in [3.63, 3.8) is 0 Å². The lowest BCUT2D eigenvalue weighted by atomic mass is 10.0. The first kappa shape index (κ1) is 85.1. The summed E-state index contributed by atoms with van der Waals surface area (Å²) in [5, 5.41) is 10.6. The van der Waals surface area contributed by atoms with Gasteiger partial charge in [-0.05, 0) is 31.6 Å². The van der Waals surface area contributed by atoms with Crippen LogP contribution in [0.25, 0.3) is 0 Å². The number of rotatable bonds is 68. The maximum atomic E-state index is 13.0. The fraction of sp³-hybridized carbons (Fsp3) is 0.941. The van der Waals surface area contributed by atoms with Crippen LogP contribution in [0.15, 0.2) is 0 Å². The predicted molar refractivity (Wildman–Crippen MR) is 349 cm³/mol. The minimum absolute atomic E-state index is 0.105. The van der Waals surface area contributed by atoms with E-state index in [9.17, 15) is 43.2 Å². The number of hydrogen-bond donors (Lipinski definition) is 3. The number of esters is 4. The van der Waals surface area contributed by atoms with Gasteiger partial charge in [-0.15, -0.1) is 0 Å². The second-order valence-corrected chi connectivity index (χ2v) is 27.9. The van der Waals surface area contributed by atoms with Gasteiger partial charge in [0.2, 0.25) is 0 Å². The molecule has 87 heavy (non-hydrogen) atoms. The van der Waals surface area contributed by atoms with Crippen molar-refractivity contribution < 1.29 is 80.2 Å². The Kier molecular flexibility index (Phi) is 60.2. The van der Waals surface area contributed by atoms with Crippen molar-refractivity contribution in [2.45, 2.75) is 368 Å². The monoisotopic (exact) mass is 1280 g/mol. The molecular formula is C68H132O17P2. The van der Waals surface area contributed by atoms with Gasteiger partial charge in [0.15, 0.2) is 12.2 Å². The lowest BCUT2D eigenvalue weighted by molar-refractivity contribution is -0.161. The number of unbranched alkanes of at least 4 members (excludes halogenated alkanes) is 40. The molecule has 0 aliphatic carbocycles. The predicted octanol–water partition coefficient (Wildman–Crippen LogP) is 19.4. The maximum Gasteiger partial charge on any atom is 0.472 e. The van der Waals surface area contributed by atoms with Crippen molar-refractivity contribution >= 4 is 39.5 Å². The summed E-state index contributed by atoms with van der Waals surface area (Å²) in [5.74, 6) is -1.41. The van der Waals surface area contributed by atoms with Gasteiger partial charge in [-0.25, -0.2) is 9.13 Å². The van der Waals surface area contributed by atoms with Crippen molar-refractivity contribution in [3.8, 4) is 0 Å². The minimum atomic E-state index is -4.95. The molecule has 0 spiro atoms. The normalized spacial score (nSPS) is 14.1. The van der Waals surface area contributed by atoms with Gasteiger partial charge in [-0.2, -0.15) is 0 Å². The molecule has 0 rings (SSSR count). The molecule has 0 heterocycles. The van der Waals surface area contributed by atoms with E-state index in [1.807, 2.05) is 0 Å². The van der Waals surface area contributed by atoms with Crippen molar-refractivity contribution in [2.24, 2.45) is 5.92 Å². The number of aliphatic hydroxyl groups excluding tert-OH is 1. The average Bonchev–Trinajstić information content (AvgIpc) is 3.66. The Bertz CT molecular complexity index is 1690. The van der Waals surface area contributed by atoms with Gasteiger partial charge in [-0.3, -0.25) is 37.3 Å². The number of ether oxygens (including phenoxy) is 4. The van der Waals surface area contributed by atoms with Crippen LogP contribution in [0.5, 0.6) is 0 Å². The fourth-order valence-corrected chi connectivity index (χ4v) is 11.9. The number of hydrogen-bond acceptors (Lipinski definition) is 15. The average molecular weight is 1280 g/mol. The van der Waals surface area contributed by atoms with E-state index in [4.69, 9.17) is 37.0 Å². The van der Waals surface area contributed by atoms with Crippen molar-refractivity contribution in [2.75, 3.05) is 39.6 Å². The zero-order valence-corrected chi connectivity index (χ0v) is 57.9. The molecule has 0 aromatic carbocycles. The molecule has 0 aromatic heterocycles. The smallest absolute Gasteiger partial charge is 0.462 e. The van der Waals surface area contributed by atoms with Gasteiger partial charge in [0.25, 0.3) is 0 Å². The SMILES string of the molecule is CCCCCCCCCCCCCCCC(=O)O[C@H](COC(=O)CCCCCCCCCCCCCC)COP(=O)(O)OC[C@@H](O)COP(=O)(O)OC[C@@H](COC(=O)CCCCCCCCCCCCC)OC(=O)CCCCCCCCCCC(C)C. The molecule has 17 nitrogen and oxygen atoms in total. The van der Waals surface area contributed by atoms with Crippen LogP contribution in [0.4, 0.5) is 0 Å². The Labute approximate surface area is 530 Å². The molecule has 0 aliphatic heterocycles. The third kappa shape index (κ3) is 62.6. The van der Waals surface area contributed by atoms with Crippen LogP contribution in [0.3, 0.4) is 0 Å². The third-order valence-corrected chi connectivity index (χ3v) is 17.7. The molecule has 0 amide bonds. The van der Waals surface area contributed by atoms with Crippen LogP contribution in [0.2, 0.25) is 0 Å². The second kappa shape index (κ2) is 61.6. The standard InChI is InChI=1S/C68H132O17P2/c1-6-9-12-15-18-21-24-26-29-32-38-43-48-53-67(72)84-63(57-79-66(71)52-47-42-37-31-28-25-22-19-16-13-10-7-2)59-82-86(74,75)80-55-62(69)56-81-87(76,77)83-60-64(85-68(73)54-49-44-39-34-33-35-40-45-50-61(4)5)58-78-65(70)51-46-41-36-30-27-23-20-17-14-11-8-3/h61-64,69H,6-60H2,1-5H3,(H,74,75)(H,76,77)/t62-,63-,64-/m1/s1. The van der Waals surface area contributed by atoms with Crippen molar-refractivity contribution in [1.29, 1.82) is 0 Å². The topological polar surface area (TPSA) is 237 Å². The molecule has 5 atom stereocenters. The number of carbonyl (C=O) groups is 4. The zero-order chi connectivity index (χ0) is 64.2. The van der Waals surface area contributed by atoms with Crippen LogP contribution < -0.4 is 0 Å². The largest absolute Gasteiger partial charge is 0.472 e. The molecular weight excluding hydrogens is 1150 g/mol. The van der Waals surface area contributed by atoms with E-state index in [2.05, 4.69) is 34.6 Å². The molecule has 516 valence electrons. The Morgan fingerprint density at radius 2 is 0.529 bits per heavy atom. The van der Waals surface area contributed by atoms with E-state index in [1.165, 1.54) is 173 Å². The molecule has 0 bridgehead atoms. The van der Waals surface area contributed by atoms with Gasteiger partial charge in [-0.1, -0.05) is 298 Å². The first-order valence-electron chi connectivity index (χ1n) is 35.6. The van der Waals surface area contributed by atoms with E-state index in [-0.39, 0.29) is 25.7 Å². The Hall–Kier alpha value is -1.94. The number of carbonyl (C=O) groups excluding carboxylic acids is 4. The Morgan fingerprint density at radius 3 is 0.782 bits per heavy atom. The molecule has 3 N–H and O–H groups in total. The molecule has 0 aliphatic rings. The molecule has 0 fully saturated rings. The van der Waals surface area contributed by atoms with Crippen molar-refractivity contribution in [1.82, 2.24) is 0 Å². The van der Waals surface area contributed by atoms with Gasteiger partial charge in [0.1, 0.15) is 19.3 Å². The minimum Gasteiger partial charge on any atom is -0.462 e. The van der Waals surface area contributed by atoms with Gasteiger partial charge in [0.05, 0.1) is 26.4 Å². The molecule has 0 aromatic rings. The molecule has 0 radical (unpaired) electrons. The molecule has 19 heteroatoms. The lowest BCUT2D eigenvalue weighted by Crippen LogP contribution is -2.30. The maximum absolute atomic E-state index is 13.0. The first-order chi connectivity index (χ1) is 42.0. The van der Waals surface area contributed by atoms with Crippen LogP contribution >= 0.6 is 15.6 Å². The Balaban J connectivity index is 5.25. The summed E-state index contributed by atoms with van der Waals surface area (Å²) in [5.41, 5.74) is 0. The van der Waals surface area contributed by atoms with Gasteiger partial charge < -0.3 is 33.8 Å². The summed E-state index contributed by atoms with van der Waals surface area (Å²) in [6.07, 6.45) is 47.0. The highest BCUT2D eigenvalue weighted by atomic mass is 31.2. The highest BCUT2D eigenvalue weighted by Gasteiger charge is 2.30. The summed E-state index contributed by atoms with van der Waals surface area (Å²) < 4.78 is 68.2. The van der Waals surface area contributed by atoms with E-state index in [0.29, 0.717) is 25.7 Å². The van der Waals surface area contributed by atoms with Crippen LogP contribution in [-0.4, -0.2) is 96.7 Å². The summed E-state index contributed by atoms with van der Waals surface area (Å²) in [6, 6.07) is 0. The van der Waals surface area contributed by atoms with Gasteiger partial charge >= 0.3 is 39.5 Å². The fourth-order valence-electron chi connectivity index (χ4n) is 10.3. The number of phosphoric acid groups is 2. The summed E-state index contributed by atoms with van der Waals surface area (Å²) in [7, 11) is -9.89.